The highest BCUT2D eigenvalue weighted by Gasteiger charge is 2.56. The summed E-state index contributed by atoms with van der Waals surface area (Å²) in [5.41, 5.74) is -1.12. The number of imide groups is 1. The Morgan fingerprint density at radius 2 is 2.10 bits per heavy atom. The van der Waals surface area contributed by atoms with Crippen LogP contribution in [0.1, 0.15) is 52.0 Å². The van der Waals surface area contributed by atoms with Gasteiger partial charge in [0.1, 0.15) is 17.0 Å². The number of carbonyl (C=O) groups excluding carboxylic acids is 3. The molecule has 2 atom stereocenters. The molecule has 1 aliphatic heterocycles. The summed E-state index contributed by atoms with van der Waals surface area (Å²) in [7, 11) is 0. The molecule has 0 radical (unpaired) electrons. The maximum absolute atomic E-state index is 13.5. The Morgan fingerprint density at radius 3 is 2.79 bits per heavy atom. The number of hydrogen-bond donors (Lipinski definition) is 2. The molecule has 8 heteroatoms. The lowest BCUT2D eigenvalue weighted by Gasteiger charge is -2.39. The summed E-state index contributed by atoms with van der Waals surface area (Å²) in [6.45, 7) is 5.57. The molecule has 4 amide bonds. The molecular weight excluding hydrogens is 377 g/mol. The summed E-state index contributed by atoms with van der Waals surface area (Å²) < 4.78 is 18.8. The van der Waals surface area contributed by atoms with Gasteiger partial charge in [-0.3, -0.25) is 9.69 Å². The van der Waals surface area contributed by atoms with Crippen molar-refractivity contribution >= 4 is 18.0 Å². The fourth-order valence-electron chi connectivity index (χ4n) is 4.09. The minimum absolute atomic E-state index is 0.0103. The van der Waals surface area contributed by atoms with E-state index in [1.165, 1.54) is 12.1 Å². The third-order valence-corrected chi connectivity index (χ3v) is 5.39. The number of rotatable bonds is 4. The van der Waals surface area contributed by atoms with Crippen molar-refractivity contribution in [1.29, 1.82) is 0 Å². The molecule has 158 valence electrons. The van der Waals surface area contributed by atoms with E-state index in [1.54, 1.807) is 32.9 Å². The number of amides is 4. The lowest BCUT2D eigenvalue weighted by atomic mass is 9.72. The highest BCUT2D eigenvalue weighted by Crippen LogP contribution is 2.38. The summed E-state index contributed by atoms with van der Waals surface area (Å²) in [6.07, 6.45) is 2.39. The molecule has 29 heavy (non-hydrogen) atoms. The number of halogens is 1. The van der Waals surface area contributed by atoms with Crippen molar-refractivity contribution in [2.75, 3.05) is 6.54 Å². The van der Waals surface area contributed by atoms with E-state index in [-0.39, 0.29) is 24.9 Å². The number of hydrogen-bond acceptors (Lipinski definition) is 4. The van der Waals surface area contributed by atoms with Crippen LogP contribution in [0.15, 0.2) is 24.3 Å². The Morgan fingerprint density at radius 1 is 1.34 bits per heavy atom. The maximum atomic E-state index is 13.5. The molecule has 3 rings (SSSR count). The molecule has 1 aromatic carbocycles. The zero-order valence-electron chi connectivity index (χ0n) is 17.1. The zero-order valence-corrected chi connectivity index (χ0v) is 17.1. The first-order valence-corrected chi connectivity index (χ1v) is 9.96. The number of urea groups is 1. The minimum atomic E-state index is -1.04. The molecule has 2 N–H and O–H groups in total. The molecule has 7 nitrogen and oxygen atoms in total. The first kappa shape index (κ1) is 21.1. The van der Waals surface area contributed by atoms with Crippen LogP contribution in [0.4, 0.5) is 14.0 Å². The van der Waals surface area contributed by atoms with Crippen molar-refractivity contribution < 1.29 is 23.5 Å². The van der Waals surface area contributed by atoms with Gasteiger partial charge in [0.05, 0.1) is 6.54 Å². The van der Waals surface area contributed by atoms with Crippen LogP contribution in [-0.2, 0) is 16.1 Å². The molecule has 1 saturated heterocycles. The summed E-state index contributed by atoms with van der Waals surface area (Å²) in [6, 6.07) is 5.37. The quantitative estimate of drug-likeness (QED) is 0.752. The second kappa shape index (κ2) is 8.00. The van der Waals surface area contributed by atoms with Crippen LogP contribution in [-0.4, -0.2) is 40.6 Å². The third kappa shape index (κ3) is 4.68. The molecule has 0 aromatic heterocycles. The van der Waals surface area contributed by atoms with Crippen molar-refractivity contribution in [1.82, 2.24) is 15.5 Å². The topological polar surface area (TPSA) is 87.7 Å². The van der Waals surface area contributed by atoms with Gasteiger partial charge < -0.3 is 15.4 Å². The molecule has 2 fully saturated rings. The zero-order chi connectivity index (χ0) is 21.2. The summed E-state index contributed by atoms with van der Waals surface area (Å²) in [5.74, 6) is -0.971. The van der Waals surface area contributed by atoms with Gasteiger partial charge in [0.2, 0.25) is 0 Å². The maximum Gasteiger partial charge on any atom is 0.407 e. The van der Waals surface area contributed by atoms with Crippen LogP contribution in [0.3, 0.4) is 0 Å². The Balaban J connectivity index is 1.73. The van der Waals surface area contributed by atoms with Crippen LogP contribution in [0.2, 0.25) is 0 Å². The number of nitrogens with one attached hydrogen (secondary N) is 2. The Labute approximate surface area is 170 Å². The van der Waals surface area contributed by atoms with E-state index in [0.29, 0.717) is 18.4 Å². The monoisotopic (exact) mass is 405 g/mol. The molecule has 2 unspecified atom stereocenters. The van der Waals surface area contributed by atoms with E-state index >= 15 is 0 Å². The van der Waals surface area contributed by atoms with Gasteiger partial charge in [0.25, 0.3) is 5.91 Å². The summed E-state index contributed by atoms with van der Waals surface area (Å²) >= 11 is 0. The van der Waals surface area contributed by atoms with E-state index in [2.05, 4.69) is 10.6 Å². The third-order valence-electron chi connectivity index (χ3n) is 5.39. The predicted octanol–water partition coefficient (Wildman–Crippen LogP) is 3.33. The van der Waals surface area contributed by atoms with Crippen molar-refractivity contribution in [3.05, 3.63) is 35.6 Å². The standard InChI is InChI=1S/C21H28FN3O4/c1-20(2,3)29-19(28)23-12-15-8-4-5-10-21(15)17(26)25(18(27)24-21)13-14-7-6-9-16(22)11-14/h6-7,9,11,15H,4-5,8,10,12-13H2,1-3H3,(H,23,28)(H,24,27). The van der Waals surface area contributed by atoms with Gasteiger partial charge in [0, 0.05) is 12.5 Å². The van der Waals surface area contributed by atoms with Crippen LogP contribution in [0.5, 0.6) is 0 Å². The van der Waals surface area contributed by atoms with Gasteiger partial charge in [-0.25, -0.2) is 14.0 Å². The SMILES string of the molecule is CC(C)(C)OC(=O)NCC1CCCCC12NC(=O)N(Cc1cccc(F)c1)C2=O. The number of nitrogens with zero attached hydrogens (tertiary/aromatic N) is 1. The van der Waals surface area contributed by atoms with E-state index in [9.17, 15) is 18.8 Å². The van der Waals surface area contributed by atoms with Crippen molar-refractivity contribution in [2.24, 2.45) is 5.92 Å². The Hall–Kier alpha value is -2.64. The lowest BCUT2D eigenvalue weighted by molar-refractivity contribution is -0.134. The molecule has 1 spiro atoms. The highest BCUT2D eigenvalue weighted by molar-refractivity contribution is 6.07. The van der Waals surface area contributed by atoms with Crippen LogP contribution < -0.4 is 10.6 Å². The van der Waals surface area contributed by atoms with Gasteiger partial charge in [-0.1, -0.05) is 25.0 Å². The predicted molar refractivity (Wildman–Crippen MR) is 104 cm³/mol. The second-order valence-corrected chi connectivity index (χ2v) is 8.75. The second-order valence-electron chi connectivity index (χ2n) is 8.75. The number of ether oxygens (including phenoxy) is 1. The van der Waals surface area contributed by atoms with Gasteiger partial charge in [0.15, 0.2) is 0 Å². The smallest absolute Gasteiger partial charge is 0.407 e. The summed E-state index contributed by atoms with van der Waals surface area (Å²) in [5, 5.41) is 5.61. The number of alkyl carbamates (subject to hydrolysis) is 1. The average Bonchev–Trinajstić information content (AvgIpc) is 2.84. The first-order valence-electron chi connectivity index (χ1n) is 9.96. The van der Waals surface area contributed by atoms with Crippen LogP contribution >= 0.6 is 0 Å². The van der Waals surface area contributed by atoms with Gasteiger partial charge in [-0.2, -0.15) is 0 Å². The van der Waals surface area contributed by atoms with Gasteiger partial charge >= 0.3 is 12.1 Å². The van der Waals surface area contributed by atoms with Gasteiger partial charge in [-0.05, 0) is 51.3 Å². The molecule has 1 aliphatic carbocycles. The lowest BCUT2D eigenvalue weighted by Crippen LogP contribution is -2.57. The van der Waals surface area contributed by atoms with Gasteiger partial charge in [-0.15, -0.1) is 0 Å². The molecule has 1 heterocycles. The van der Waals surface area contributed by atoms with Crippen LogP contribution in [0.25, 0.3) is 0 Å². The summed E-state index contributed by atoms with van der Waals surface area (Å²) in [4.78, 5) is 39.1. The average molecular weight is 405 g/mol. The molecule has 1 aromatic rings. The fraction of sp³-hybridized carbons (Fsp3) is 0.571. The minimum Gasteiger partial charge on any atom is -0.444 e. The van der Waals surface area contributed by atoms with E-state index in [1.807, 2.05) is 0 Å². The molecule has 2 aliphatic rings. The molecule has 0 bridgehead atoms. The van der Waals surface area contributed by atoms with Crippen LogP contribution in [0, 0.1) is 11.7 Å². The molecular formula is C21H28FN3O4. The largest absolute Gasteiger partial charge is 0.444 e. The van der Waals surface area contributed by atoms with Crippen molar-refractivity contribution in [3.63, 3.8) is 0 Å². The Bertz CT molecular complexity index is 807. The van der Waals surface area contributed by atoms with E-state index in [4.69, 9.17) is 4.74 Å². The fourth-order valence-corrected chi connectivity index (χ4v) is 4.09. The van der Waals surface area contributed by atoms with Crippen molar-refractivity contribution in [3.8, 4) is 0 Å². The van der Waals surface area contributed by atoms with E-state index in [0.717, 1.165) is 17.7 Å². The molecule has 1 saturated carbocycles. The highest BCUT2D eigenvalue weighted by atomic mass is 19.1. The number of carbonyl (C=O) groups is 3. The Kier molecular flexibility index (Phi) is 5.82. The van der Waals surface area contributed by atoms with Crippen molar-refractivity contribution in [2.45, 2.75) is 64.1 Å². The first-order chi connectivity index (χ1) is 13.6. The normalized spacial score (nSPS) is 24.6. The van der Waals surface area contributed by atoms with E-state index < -0.39 is 29.1 Å². The number of benzene rings is 1.